The molecule has 0 amide bonds. The average Bonchev–Trinajstić information content (AvgIpc) is 2.97. The Morgan fingerprint density at radius 3 is 1.14 bits per heavy atom. The van der Waals surface area contributed by atoms with Crippen molar-refractivity contribution >= 4 is 12.4 Å². The number of nitrogens with two attached hydrogens (primary N) is 1. The Morgan fingerprint density at radius 1 is 0.452 bits per heavy atom. The van der Waals surface area contributed by atoms with Gasteiger partial charge in [-0.25, -0.2) is 0 Å². The van der Waals surface area contributed by atoms with Gasteiger partial charge in [0.2, 0.25) is 0 Å². The third-order valence-electron chi connectivity index (χ3n) is 9.48. The molecule has 1 rings (SSSR count). The Bertz CT molecular complexity index is 669. The van der Waals surface area contributed by atoms with Crippen LogP contribution in [0.1, 0.15) is 218 Å². The van der Waals surface area contributed by atoms with Crippen LogP contribution in [0, 0.1) is 0 Å². The minimum Gasteiger partial charge on any atom is -0.322 e. The van der Waals surface area contributed by atoms with E-state index in [2.05, 4.69) is 45.0 Å². The molecule has 0 saturated heterocycles. The van der Waals surface area contributed by atoms with Crippen LogP contribution in [0.3, 0.4) is 0 Å². The van der Waals surface area contributed by atoms with Gasteiger partial charge in [0.05, 0.1) is 0 Å². The van der Waals surface area contributed by atoms with E-state index in [9.17, 15) is 0 Å². The highest BCUT2D eigenvalue weighted by molar-refractivity contribution is 5.85. The van der Waals surface area contributed by atoms with E-state index in [0.29, 0.717) is 0 Å². The fourth-order valence-electron chi connectivity index (χ4n) is 6.63. The summed E-state index contributed by atoms with van der Waals surface area (Å²) in [6.45, 7) is 6.88. The molecule has 2 heteroatoms. The molecule has 0 aliphatic rings. The second-order valence-corrected chi connectivity index (χ2v) is 13.8. The van der Waals surface area contributed by atoms with Crippen LogP contribution in [-0.4, -0.2) is 0 Å². The minimum atomic E-state index is -0.191. The van der Waals surface area contributed by atoms with Crippen molar-refractivity contribution in [1.29, 1.82) is 0 Å². The largest absolute Gasteiger partial charge is 0.322 e. The first-order valence-electron chi connectivity index (χ1n) is 19.0. The van der Waals surface area contributed by atoms with E-state index in [0.717, 1.165) is 6.42 Å². The van der Waals surface area contributed by atoms with E-state index in [4.69, 9.17) is 5.73 Å². The molecule has 1 aromatic carbocycles. The molecule has 1 unspecified atom stereocenters. The Kier molecular flexibility index (Phi) is 30.1. The predicted molar refractivity (Wildman–Crippen MR) is 194 cm³/mol. The molecular formula is C40H76ClN. The van der Waals surface area contributed by atoms with Gasteiger partial charge >= 0.3 is 0 Å². The van der Waals surface area contributed by atoms with Crippen LogP contribution in [0.4, 0.5) is 0 Å². The van der Waals surface area contributed by atoms with Crippen LogP contribution in [-0.2, 0) is 12.0 Å². The topological polar surface area (TPSA) is 26.0 Å². The first kappa shape index (κ1) is 41.5. The lowest BCUT2D eigenvalue weighted by atomic mass is 9.83. The van der Waals surface area contributed by atoms with Crippen molar-refractivity contribution in [3.05, 3.63) is 35.4 Å². The Labute approximate surface area is 271 Å². The molecule has 2 N–H and O–H groups in total. The van der Waals surface area contributed by atoms with Crippen LogP contribution in [0.5, 0.6) is 0 Å². The predicted octanol–water partition coefficient (Wildman–Crippen LogP) is 14.2. The Hall–Kier alpha value is -0.530. The molecule has 0 spiro atoms. The molecule has 1 nitrogen and oxygen atoms in total. The maximum absolute atomic E-state index is 6.94. The number of hydrogen-bond acceptors (Lipinski definition) is 1. The van der Waals surface area contributed by atoms with Crippen LogP contribution in [0.15, 0.2) is 24.3 Å². The fraction of sp³-hybridized carbons (Fsp3) is 0.850. The van der Waals surface area contributed by atoms with Gasteiger partial charge in [-0.05, 0) is 37.3 Å². The fourth-order valence-corrected chi connectivity index (χ4v) is 6.63. The third kappa shape index (κ3) is 23.9. The molecule has 0 fully saturated rings. The van der Waals surface area contributed by atoms with Gasteiger partial charge in [-0.15, -0.1) is 12.4 Å². The lowest BCUT2D eigenvalue weighted by Crippen LogP contribution is -2.34. The SMILES string of the molecule is CCCCCCCCCCCCCCCCc1ccccc1C(C)(N)CCCCCCCCCCCCCCCC.Cl. The van der Waals surface area contributed by atoms with Gasteiger partial charge in [0.15, 0.2) is 0 Å². The lowest BCUT2D eigenvalue weighted by Gasteiger charge is -2.28. The number of hydrogen-bond donors (Lipinski definition) is 1. The smallest absolute Gasteiger partial charge is 0.0383 e. The van der Waals surface area contributed by atoms with Gasteiger partial charge in [-0.3, -0.25) is 0 Å². The van der Waals surface area contributed by atoms with E-state index in [1.165, 1.54) is 197 Å². The number of halogens is 1. The average molecular weight is 607 g/mol. The molecule has 1 atom stereocenters. The Morgan fingerprint density at radius 2 is 0.762 bits per heavy atom. The summed E-state index contributed by atoms with van der Waals surface area (Å²) in [6, 6.07) is 9.06. The van der Waals surface area contributed by atoms with Crippen molar-refractivity contribution in [2.75, 3.05) is 0 Å². The zero-order valence-corrected chi connectivity index (χ0v) is 29.8. The Balaban J connectivity index is 0.0000168. The van der Waals surface area contributed by atoms with E-state index in [1.54, 1.807) is 0 Å². The summed E-state index contributed by atoms with van der Waals surface area (Å²) in [5.41, 5.74) is 9.65. The monoisotopic (exact) mass is 606 g/mol. The zero-order valence-electron chi connectivity index (χ0n) is 29.0. The number of aryl methyl sites for hydroxylation is 1. The highest BCUT2D eigenvalue weighted by Gasteiger charge is 2.23. The minimum absolute atomic E-state index is 0. The molecular weight excluding hydrogens is 530 g/mol. The third-order valence-corrected chi connectivity index (χ3v) is 9.48. The summed E-state index contributed by atoms with van der Waals surface area (Å²) in [5, 5.41) is 0. The summed E-state index contributed by atoms with van der Waals surface area (Å²) in [4.78, 5) is 0. The van der Waals surface area contributed by atoms with Crippen LogP contribution in [0.25, 0.3) is 0 Å². The van der Waals surface area contributed by atoms with Gasteiger partial charge in [-0.1, -0.05) is 211 Å². The van der Waals surface area contributed by atoms with Gasteiger partial charge in [0.1, 0.15) is 0 Å². The van der Waals surface area contributed by atoms with Crippen molar-refractivity contribution in [3.63, 3.8) is 0 Å². The van der Waals surface area contributed by atoms with Crippen molar-refractivity contribution in [2.45, 2.75) is 219 Å². The summed E-state index contributed by atoms with van der Waals surface area (Å²) in [5.74, 6) is 0. The number of benzene rings is 1. The molecule has 42 heavy (non-hydrogen) atoms. The second kappa shape index (κ2) is 30.5. The quantitative estimate of drug-likeness (QED) is 0.0837. The molecule has 0 aliphatic carbocycles. The second-order valence-electron chi connectivity index (χ2n) is 13.8. The highest BCUT2D eigenvalue weighted by Crippen LogP contribution is 2.29. The van der Waals surface area contributed by atoms with Crippen molar-refractivity contribution < 1.29 is 0 Å². The van der Waals surface area contributed by atoms with Crippen LogP contribution in [0.2, 0.25) is 0 Å². The number of rotatable bonds is 31. The lowest BCUT2D eigenvalue weighted by molar-refractivity contribution is 0.416. The van der Waals surface area contributed by atoms with Crippen LogP contribution >= 0.6 is 12.4 Å². The van der Waals surface area contributed by atoms with Crippen LogP contribution < -0.4 is 5.73 Å². The summed E-state index contributed by atoms with van der Waals surface area (Å²) in [7, 11) is 0. The van der Waals surface area contributed by atoms with Gasteiger partial charge < -0.3 is 5.73 Å². The van der Waals surface area contributed by atoms with E-state index < -0.39 is 0 Å². The standard InChI is InChI=1S/C40H75N.ClH/c1-4-6-8-10-12-14-16-18-20-22-24-26-28-30-34-38-35-31-32-36-39(38)40(3,41)37-33-29-27-25-23-21-19-17-15-13-11-9-7-5-2;/h31-32,35-36H,4-30,33-34,37,41H2,1-3H3;1H. The van der Waals surface area contributed by atoms with Gasteiger partial charge in [0, 0.05) is 5.54 Å². The normalized spacial score (nSPS) is 12.8. The molecule has 0 heterocycles. The van der Waals surface area contributed by atoms with Crippen molar-refractivity contribution in [2.24, 2.45) is 5.73 Å². The summed E-state index contributed by atoms with van der Waals surface area (Å²) < 4.78 is 0. The number of unbranched alkanes of at least 4 members (excludes halogenated alkanes) is 26. The molecule has 0 bridgehead atoms. The molecule has 1 aromatic rings. The van der Waals surface area contributed by atoms with Crippen molar-refractivity contribution in [1.82, 2.24) is 0 Å². The van der Waals surface area contributed by atoms with E-state index >= 15 is 0 Å². The summed E-state index contributed by atoms with van der Waals surface area (Å²) >= 11 is 0. The molecule has 0 aliphatic heterocycles. The summed E-state index contributed by atoms with van der Waals surface area (Å²) in [6.07, 6.45) is 42.0. The van der Waals surface area contributed by atoms with Crippen molar-refractivity contribution in [3.8, 4) is 0 Å². The molecule has 0 aromatic heterocycles. The van der Waals surface area contributed by atoms with Gasteiger partial charge in [0.25, 0.3) is 0 Å². The van der Waals surface area contributed by atoms with E-state index in [1.807, 2.05) is 0 Å². The maximum atomic E-state index is 6.94. The highest BCUT2D eigenvalue weighted by atomic mass is 35.5. The first-order valence-corrected chi connectivity index (χ1v) is 19.0. The first-order chi connectivity index (χ1) is 20.1. The zero-order chi connectivity index (χ0) is 29.7. The molecule has 0 saturated carbocycles. The van der Waals surface area contributed by atoms with Gasteiger partial charge in [-0.2, -0.15) is 0 Å². The maximum Gasteiger partial charge on any atom is 0.0383 e. The van der Waals surface area contributed by atoms with E-state index in [-0.39, 0.29) is 17.9 Å². The molecule has 248 valence electrons. The molecule has 0 radical (unpaired) electrons.